The second-order valence-corrected chi connectivity index (χ2v) is 9.29. The van der Waals surface area contributed by atoms with Gasteiger partial charge in [-0.2, -0.15) is 5.26 Å². The molecular formula is C24H34N4O5. The number of hydrogen-bond donors (Lipinski definition) is 3. The van der Waals surface area contributed by atoms with Gasteiger partial charge in [-0.15, -0.1) is 0 Å². The van der Waals surface area contributed by atoms with Crippen LogP contribution in [0.1, 0.15) is 70.0 Å². The molecule has 3 N–H and O–H groups in total. The highest BCUT2D eigenvalue weighted by atomic mass is 16.6. The van der Waals surface area contributed by atoms with Crippen LogP contribution in [0.25, 0.3) is 0 Å². The number of nitrogens with zero attached hydrogens (tertiary/aromatic N) is 2. The van der Waals surface area contributed by atoms with Crippen LogP contribution in [0.2, 0.25) is 0 Å². The Morgan fingerprint density at radius 2 is 1.91 bits per heavy atom. The molecule has 0 bridgehead atoms. The van der Waals surface area contributed by atoms with Crippen LogP contribution in [0, 0.1) is 18.3 Å². The molecule has 0 spiro atoms. The number of ether oxygens (including phenoxy) is 1. The lowest BCUT2D eigenvalue weighted by molar-refractivity contribution is -0.140. The number of alkyl carbamates (subject to hydrolysis) is 1. The molecule has 1 aromatic rings. The molecule has 9 heteroatoms. The van der Waals surface area contributed by atoms with Crippen LogP contribution >= 0.6 is 0 Å². The van der Waals surface area contributed by atoms with Crippen molar-refractivity contribution in [3.63, 3.8) is 0 Å². The highest BCUT2D eigenvalue weighted by Crippen LogP contribution is 2.32. The Labute approximate surface area is 195 Å². The van der Waals surface area contributed by atoms with Crippen molar-refractivity contribution in [2.24, 2.45) is 0 Å². The maximum absolute atomic E-state index is 13.4. The Kier molecular flexibility index (Phi) is 9.09. The minimum Gasteiger partial charge on any atom is -0.507 e. The molecule has 9 nitrogen and oxygen atoms in total. The maximum atomic E-state index is 13.4. The fourth-order valence-electron chi connectivity index (χ4n) is 3.84. The number of aryl methyl sites for hydroxylation is 1. The van der Waals surface area contributed by atoms with Crippen LogP contribution in [-0.4, -0.2) is 52.6 Å². The smallest absolute Gasteiger partial charge is 0.408 e. The number of amides is 3. The second-order valence-electron chi connectivity index (χ2n) is 9.29. The number of nitriles is 1. The van der Waals surface area contributed by atoms with Gasteiger partial charge >= 0.3 is 6.09 Å². The summed E-state index contributed by atoms with van der Waals surface area (Å²) in [5, 5.41) is 25.4. The van der Waals surface area contributed by atoms with Crippen molar-refractivity contribution in [3.05, 3.63) is 29.3 Å². The van der Waals surface area contributed by atoms with Crippen molar-refractivity contribution in [2.75, 3.05) is 13.1 Å². The maximum Gasteiger partial charge on any atom is 0.408 e. The van der Waals surface area contributed by atoms with Gasteiger partial charge in [-0.1, -0.05) is 37.5 Å². The predicted octanol–water partition coefficient (Wildman–Crippen LogP) is 3.07. The average Bonchev–Trinajstić information content (AvgIpc) is 2.74. The first-order valence-corrected chi connectivity index (χ1v) is 11.3. The van der Waals surface area contributed by atoms with Gasteiger partial charge in [0.1, 0.15) is 30.5 Å². The largest absolute Gasteiger partial charge is 0.507 e. The molecule has 3 amide bonds. The highest BCUT2D eigenvalue weighted by Gasteiger charge is 2.35. The van der Waals surface area contributed by atoms with Crippen LogP contribution < -0.4 is 10.6 Å². The van der Waals surface area contributed by atoms with Gasteiger partial charge < -0.3 is 25.4 Å². The molecule has 0 saturated heterocycles. The van der Waals surface area contributed by atoms with E-state index >= 15 is 0 Å². The third-order valence-corrected chi connectivity index (χ3v) is 5.42. The van der Waals surface area contributed by atoms with Gasteiger partial charge in [0.2, 0.25) is 11.8 Å². The van der Waals surface area contributed by atoms with Gasteiger partial charge in [0.15, 0.2) is 0 Å². The summed E-state index contributed by atoms with van der Waals surface area (Å²) in [4.78, 5) is 39.5. The molecule has 33 heavy (non-hydrogen) atoms. The van der Waals surface area contributed by atoms with E-state index in [-0.39, 0.29) is 17.4 Å². The van der Waals surface area contributed by atoms with E-state index in [1.807, 2.05) is 6.07 Å². The number of aromatic hydroxyl groups is 1. The van der Waals surface area contributed by atoms with Gasteiger partial charge in [0.25, 0.3) is 0 Å². The molecule has 1 fully saturated rings. The van der Waals surface area contributed by atoms with Crippen molar-refractivity contribution in [2.45, 2.75) is 77.5 Å². The fraction of sp³-hybridized carbons (Fsp3) is 0.583. The van der Waals surface area contributed by atoms with Crippen LogP contribution in [0.3, 0.4) is 0 Å². The van der Waals surface area contributed by atoms with Crippen LogP contribution in [0.15, 0.2) is 18.2 Å². The summed E-state index contributed by atoms with van der Waals surface area (Å²) in [6.07, 6.45) is 4.02. The van der Waals surface area contributed by atoms with Crippen molar-refractivity contribution < 1.29 is 24.2 Å². The molecule has 1 unspecified atom stereocenters. The first kappa shape index (κ1) is 26.0. The standard InChI is InChI=1S/C24H34N4O5/c1-16-9-8-12-18(21(16)30)20(22(31)27-17-10-6-5-7-11-17)28(14-13-25)19(29)15-26-23(32)33-24(2,3)4/h8-9,12,17,20,30H,5-7,10-11,14-15H2,1-4H3,(H,26,32)(H,27,31). The highest BCUT2D eigenvalue weighted by molar-refractivity contribution is 5.91. The number of benzene rings is 1. The van der Waals surface area contributed by atoms with E-state index in [1.165, 1.54) is 0 Å². The Hall–Kier alpha value is -3.28. The van der Waals surface area contributed by atoms with Gasteiger partial charge in [-0.25, -0.2) is 4.79 Å². The summed E-state index contributed by atoms with van der Waals surface area (Å²) < 4.78 is 5.15. The second kappa shape index (κ2) is 11.5. The Bertz CT molecular complexity index is 897. The molecule has 1 aromatic carbocycles. The zero-order valence-corrected chi connectivity index (χ0v) is 19.8. The minimum absolute atomic E-state index is 0.0281. The molecule has 0 aliphatic heterocycles. The van der Waals surface area contributed by atoms with Crippen molar-refractivity contribution in [1.82, 2.24) is 15.5 Å². The van der Waals surface area contributed by atoms with E-state index in [9.17, 15) is 24.8 Å². The van der Waals surface area contributed by atoms with Crippen LogP contribution in [0.5, 0.6) is 5.75 Å². The summed E-state index contributed by atoms with van der Waals surface area (Å²) in [5.41, 5.74) is 0.0262. The minimum atomic E-state index is -1.22. The summed E-state index contributed by atoms with van der Waals surface area (Å²) in [6, 6.07) is 5.60. The average molecular weight is 459 g/mol. The third kappa shape index (κ3) is 7.67. The van der Waals surface area contributed by atoms with Crippen LogP contribution in [-0.2, 0) is 14.3 Å². The fourth-order valence-corrected chi connectivity index (χ4v) is 3.84. The van der Waals surface area contributed by atoms with E-state index in [4.69, 9.17) is 4.74 Å². The zero-order valence-electron chi connectivity index (χ0n) is 19.8. The normalized spacial score (nSPS) is 15.1. The number of para-hydroxylation sites is 1. The molecular weight excluding hydrogens is 424 g/mol. The summed E-state index contributed by atoms with van der Waals surface area (Å²) in [7, 11) is 0. The number of carbonyl (C=O) groups excluding carboxylic acids is 3. The molecule has 0 radical (unpaired) electrons. The number of carbonyl (C=O) groups is 3. The van der Waals surface area contributed by atoms with Gasteiger partial charge in [0, 0.05) is 11.6 Å². The van der Waals surface area contributed by atoms with Gasteiger partial charge in [-0.05, 0) is 46.1 Å². The molecule has 180 valence electrons. The Balaban J connectivity index is 2.31. The number of phenolic OH excluding ortho intramolecular Hbond substituents is 1. The quantitative estimate of drug-likeness (QED) is 0.538. The van der Waals surface area contributed by atoms with E-state index in [2.05, 4.69) is 10.6 Å². The van der Waals surface area contributed by atoms with E-state index in [0.717, 1.165) is 37.0 Å². The monoisotopic (exact) mass is 458 g/mol. The lowest BCUT2D eigenvalue weighted by Crippen LogP contribution is -2.49. The van der Waals surface area contributed by atoms with Gasteiger partial charge in [-0.3, -0.25) is 9.59 Å². The summed E-state index contributed by atoms with van der Waals surface area (Å²) in [6.45, 7) is 5.92. The SMILES string of the molecule is Cc1cccc(C(C(=O)NC2CCCCC2)N(CC#N)C(=O)CNC(=O)OC(C)(C)C)c1O. The van der Waals surface area contributed by atoms with E-state index in [0.29, 0.717) is 5.56 Å². The first-order chi connectivity index (χ1) is 15.5. The van der Waals surface area contributed by atoms with Crippen molar-refractivity contribution in [1.29, 1.82) is 5.26 Å². The lowest BCUT2D eigenvalue weighted by atomic mass is 9.94. The van der Waals surface area contributed by atoms with Crippen molar-refractivity contribution in [3.8, 4) is 11.8 Å². The molecule has 1 atom stereocenters. The first-order valence-electron chi connectivity index (χ1n) is 11.3. The number of rotatable bonds is 7. The topological polar surface area (TPSA) is 132 Å². The lowest BCUT2D eigenvalue weighted by Gasteiger charge is -2.32. The van der Waals surface area contributed by atoms with E-state index in [1.54, 1.807) is 45.9 Å². The zero-order chi connectivity index (χ0) is 24.6. The third-order valence-electron chi connectivity index (χ3n) is 5.42. The number of nitrogens with one attached hydrogen (secondary N) is 2. The molecule has 0 aromatic heterocycles. The van der Waals surface area contributed by atoms with Crippen molar-refractivity contribution >= 4 is 17.9 Å². The molecule has 2 rings (SSSR count). The van der Waals surface area contributed by atoms with Crippen LogP contribution in [0.4, 0.5) is 4.79 Å². The van der Waals surface area contributed by atoms with Gasteiger partial charge in [0.05, 0.1) is 6.07 Å². The predicted molar refractivity (Wildman–Crippen MR) is 122 cm³/mol. The molecule has 0 heterocycles. The number of hydrogen-bond acceptors (Lipinski definition) is 6. The molecule has 1 aliphatic rings. The Morgan fingerprint density at radius 3 is 2.52 bits per heavy atom. The summed E-state index contributed by atoms with van der Waals surface area (Å²) in [5.74, 6) is -1.23. The van der Waals surface area contributed by atoms with E-state index < -0.39 is 42.6 Å². The number of phenols is 1. The Morgan fingerprint density at radius 1 is 1.24 bits per heavy atom. The molecule has 1 saturated carbocycles. The molecule has 1 aliphatic carbocycles. The summed E-state index contributed by atoms with van der Waals surface area (Å²) >= 11 is 0.